The molecule has 4 aromatic rings. The van der Waals surface area contributed by atoms with Gasteiger partial charge < -0.3 is 32.6 Å². The number of nitriles is 1. The summed E-state index contributed by atoms with van der Waals surface area (Å²) in [4.78, 5) is 26.8. The first-order valence-corrected chi connectivity index (χ1v) is 19.3. The molecule has 0 radical (unpaired) electrons. The molecule has 1 aliphatic rings. The predicted molar refractivity (Wildman–Crippen MR) is 211 cm³/mol. The number of ether oxygens (including phenoxy) is 4. The molecule has 12 nitrogen and oxygen atoms in total. The average Bonchev–Trinajstić information content (AvgIpc) is 3.57. The molecule has 13 heteroatoms. The third-order valence-electron chi connectivity index (χ3n) is 9.20. The number of aryl methyl sites for hydroxylation is 1. The molecule has 1 saturated heterocycles. The van der Waals surface area contributed by atoms with Gasteiger partial charge in [-0.05, 0) is 68.7 Å². The van der Waals surface area contributed by atoms with Crippen LogP contribution in [-0.4, -0.2) is 72.1 Å². The van der Waals surface area contributed by atoms with Gasteiger partial charge in [-0.3, -0.25) is 9.78 Å². The normalized spacial score (nSPS) is 17.5. The van der Waals surface area contributed by atoms with E-state index in [1.54, 1.807) is 21.3 Å². The summed E-state index contributed by atoms with van der Waals surface area (Å²) < 4.78 is 41.5. The van der Waals surface area contributed by atoms with Crippen molar-refractivity contribution < 1.29 is 28.0 Å². The van der Waals surface area contributed by atoms with Crippen LogP contribution in [-0.2, 0) is 31.2 Å². The molecule has 1 aromatic heterocycles. The van der Waals surface area contributed by atoms with E-state index in [1.807, 2.05) is 78.9 Å². The van der Waals surface area contributed by atoms with Crippen LogP contribution < -0.4 is 20.7 Å². The highest BCUT2D eigenvalue weighted by Crippen LogP contribution is 2.50. The molecule has 5 rings (SSSR count). The molecule has 55 heavy (non-hydrogen) atoms. The van der Waals surface area contributed by atoms with Crippen molar-refractivity contribution in [3.8, 4) is 29.4 Å². The summed E-state index contributed by atoms with van der Waals surface area (Å²) in [6, 6.07) is 27.9. The second kappa shape index (κ2) is 19.2. The van der Waals surface area contributed by atoms with Gasteiger partial charge in [-0.2, -0.15) is 5.26 Å². The molecule has 1 N–H and O–H groups in total. The van der Waals surface area contributed by atoms with Crippen molar-refractivity contribution in [1.82, 2.24) is 14.2 Å². The maximum absolute atomic E-state index is 12.6. The first-order valence-electron chi connectivity index (χ1n) is 18.2. The van der Waals surface area contributed by atoms with Gasteiger partial charge in [0, 0.05) is 31.7 Å². The molecule has 1 unspecified atom stereocenters. The number of H-pyrrole nitrogens is 1. The van der Waals surface area contributed by atoms with Crippen LogP contribution in [0.25, 0.3) is 0 Å². The highest BCUT2D eigenvalue weighted by Gasteiger charge is 2.44. The molecule has 4 atom stereocenters. The van der Waals surface area contributed by atoms with E-state index >= 15 is 0 Å². The average molecular weight is 769 g/mol. The van der Waals surface area contributed by atoms with E-state index < -0.39 is 43.7 Å². The summed E-state index contributed by atoms with van der Waals surface area (Å²) >= 11 is 0. The van der Waals surface area contributed by atoms with Gasteiger partial charge in [0.25, 0.3) is 14.1 Å². The molecule has 0 amide bonds. The molecular weight excluding hydrogens is 719 g/mol. The van der Waals surface area contributed by atoms with Crippen LogP contribution in [0.1, 0.15) is 62.8 Å². The Hall–Kier alpha value is -4.78. The monoisotopic (exact) mass is 768 g/mol. The molecule has 0 aliphatic carbocycles. The van der Waals surface area contributed by atoms with Crippen LogP contribution >= 0.6 is 8.53 Å². The molecule has 0 bridgehead atoms. The molecule has 1 aliphatic heterocycles. The summed E-state index contributed by atoms with van der Waals surface area (Å²) in [6.07, 6.45) is 0.130. The fraction of sp³-hybridized carbons (Fsp3) is 0.405. The van der Waals surface area contributed by atoms with E-state index in [9.17, 15) is 14.9 Å². The number of benzene rings is 3. The molecule has 3 aromatic carbocycles. The fourth-order valence-corrected chi connectivity index (χ4v) is 8.33. The van der Waals surface area contributed by atoms with Crippen LogP contribution in [0.3, 0.4) is 0 Å². The van der Waals surface area contributed by atoms with E-state index in [2.05, 4.69) is 55.3 Å². The maximum atomic E-state index is 12.6. The maximum Gasteiger partial charge on any atom is 0.328 e. The highest BCUT2D eigenvalue weighted by atomic mass is 31.2. The number of rotatable bonds is 16. The van der Waals surface area contributed by atoms with Crippen molar-refractivity contribution in [2.75, 3.05) is 27.4 Å². The second-order valence-electron chi connectivity index (χ2n) is 13.6. The molecular formula is C42H49N4O8P. The van der Waals surface area contributed by atoms with Gasteiger partial charge >= 0.3 is 5.69 Å². The highest BCUT2D eigenvalue weighted by molar-refractivity contribution is 7.44. The van der Waals surface area contributed by atoms with Gasteiger partial charge in [0.2, 0.25) is 0 Å². The minimum absolute atomic E-state index is 0.0704. The van der Waals surface area contributed by atoms with Crippen molar-refractivity contribution in [1.29, 1.82) is 5.26 Å². The van der Waals surface area contributed by atoms with E-state index in [1.165, 1.54) is 10.8 Å². The Bertz CT molecular complexity index is 2010. The summed E-state index contributed by atoms with van der Waals surface area (Å²) in [6.45, 7) is 8.59. The largest absolute Gasteiger partial charge is 0.497 e. The quantitative estimate of drug-likeness (QED) is 0.0601. The van der Waals surface area contributed by atoms with E-state index in [4.69, 9.17) is 28.0 Å². The lowest BCUT2D eigenvalue weighted by Gasteiger charge is -2.39. The van der Waals surface area contributed by atoms with E-state index in [-0.39, 0.29) is 37.3 Å². The van der Waals surface area contributed by atoms with Crippen LogP contribution in [0, 0.1) is 23.2 Å². The number of nitrogens with one attached hydrogen (secondary N) is 1. The minimum atomic E-state index is -1.64. The zero-order chi connectivity index (χ0) is 39.5. The van der Waals surface area contributed by atoms with Crippen molar-refractivity contribution in [3.05, 3.63) is 128 Å². The van der Waals surface area contributed by atoms with Gasteiger partial charge in [0.1, 0.15) is 34.9 Å². The second-order valence-corrected chi connectivity index (χ2v) is 15.0. The summed E-state index contributed by atoms with van der Waals surface area (Å²) in [5.74, 6) is 7.43. The minimum Gasteiger partial charge on any atom is -0.497 e. The van der Waals surface area contributed by atoms with Crippen LogP contribution in [0.5, 0.6) is 11.5 Å². The number of nitrogens with zero attached hydrogens (tertiary/aromatic N) is 3. The van der Waals surface area contributed by atoms with Gasteiger partial charge in [-0.1, -0.05) is 66.4 Å². The van der Waals surface area contributed by atoms with Crippen molar-refractivity contribution in [3.63, 3.8) is 0 Å². The number of hydrogen-bond donors (Lipinski definition) is 1. The van der Waals surface area contributed by atoms with Gasteiger partial charge in [0.05, 0.1) is 46.0 Å². The standard InChI is InChI=1S/C42H49N4O8P/c1-29(2)46(30(3)4)55(52-25-11-24-43)54-38-26-37(19-14-31-27-45(5)41(48)44-40(31)47)53-39(38)28-51-42(32-12-9-8-10-13-32,33-15-20-35(49-6)21-16-33)34-17-22-36(50-7)23-18-34/h8-10,12-13,15-18,20-23,27,29-30,37-39H,11,25-26,28H2,1-7H3,(H,44,47,48)/t37-,38-,39+,55?/m0/s1. The number of hydrogen-bond acceptors (Lipinski definition) is 10. The fourth-order valence-electron chi connectivity index (χ4n) is 6.57. The van der Waals surface area contributed by atoms with Crippen molar-refractivity contribution in [2.45, 2.75) is 76.5 Å². The summed E-state index contributed by atoms with van der Waals surface area (Å²) in [7, 11) is 3.16. The topological polar surface area (TPSA) is 137 Å². The summed E-state index contributed by atoms with van der Waals surface area (Å²) in [5.41, 5.74) is 0.522. The van der Waals surface area contributed by atoms with Crippen molar-refractivity contribution >= 4 is 8.53 Å². The predicted octanol–water partition coefficient (Wildman–Crippen LogP) is 6.27. The molecule has 1 fully saturated rings. The van der Waals surface area contributed by atoms with Gasteiger partial charge in [-0.15, -0.1) is 0 Å². The van der Waals surface area contributed by atoms with Gasteiger partial charge in [-0.25, -0.2) is 9.46 Å². The third kappa shape index (κ3) is 9.91. The van der Waals surface area contributed by atoms with Crippen LogP contribution in [0.2, 0.25) is 0 Å². The molecule has 0 spiro atoms. The number of aromatic nitrogens is 2. The Kier molecular flexibility index (Phi) is 14.4. The third-order valence-corrected chi connectivity index (χ3v) is 11.4. The Balaban J connectivity index is 1.58. The van der Waals surface area contributed by atoms with Crippen molar-refractivity contribution in [2.24, 2.45) is 7.05 Å². The Morgan fingerprint density at radius 1 is 0.927 bits per heavy atom. The number of aromatic amines is 1. The molecule has 290 valence electrons. The summed E-state index contributed by atoms with van der Waals surface area (Å²) in [5, 5.41) is 9.30. The SMILES string of the molecule is COc1ccc(C(OC[C@H]2O[C@@H](C#Cc3cn(C)c(=O)[nH]c3=O)C[C@@H]2OP(OCCC#N)N(C(C)C)C(C)C)(c2ccccc2)c2ccc(OC)cc2)cc1. The van der Waals surface area contributed by atoms with E-state index in [0.717, 1.165) is 16.7 Å². The molecule has 2 heterocycles. The van der Waals surface area contributed by atoms with Crippen LogP contribution in [0.4, 0.5) is 0 Å². The zero-order valence-corrected chi connectivity index (χ0v) is 33.2. The Morgan fingerprint density at radius 2 is 1.51 bits per heavy atom. The Morgan fingerprint density at radius 3 is 2.05 bits per heavy atom. The number of methoxy groups -OCH3 is 2. The lowest BCUT2D eigenvalue weighted by atomic mass is 9.80. The smallest absolute Gasteiger partial charge is 0.328 e. The Labute approximate surface area is 323 Å². The first-order chi connectivity index (χ1) is 26.5. The van der Waals surface area contributed by atoms with E-state index in [0.29, 0.717) is 17.9 Å². The first kappa shape index (κ1) is 41.4. The van der Waals surface area contributed by atoms with Crippen LogP contribution in [0.15, 0.2) is 94.6 Å². The van der Waals surface area contributed by atoms with Gasteiger partial charge in [0.15, 0.2) is 0 Å². The lowest BCUT2D eigenvalue weighted by Crippen LogP contribution is -2.39. The zero-order valence-electron chi connectivity index (χ0n) is 32.4. The molecule has 0 saturated carbocycles. The lowest BCUT2D eigenvalue weighted by molar-refractivity contribution is -0.0736.